The fraction of sp³-hybridized carbons (Fsp3) is 0.692. The van der Waals surface area contributed by atoms with Crippen LogP contribution in [0.15, 0.2) is 23.0 Å². The average Bonchev–Trinajstić information content (AvgIpc) is 2.72. The van der Waals surface area contributed by atoms with Crippen molar-refractivity contribution < 1.29 is 9.62 Å². The molecule has 0 radical (unpaired) electrons. The van der Waals surface area contributed by atoms with Crippen molar-refractivity contribution in [2.75, 3.05) is 0 Å². The Morgan fingerprint density at radius 2 is 2.12 bits per heavy atom. The average molecular weight is 223 g/mol. The van der Waals surface area contributed by atoms with Crippen LogP contribution in [0.3, 0.4) is 0 Å². The Bertz CT molecular complexity index is 354. The van der Waals surface area contributed by atoms with E-state index in [-0.39, 0.29) is 11.1 Å². The highest BCUT2D eigenvalue weighted by atomic mass is 16.5. The standard InChI is InChI=1S/C13H21NO2/c1-12(2)8-11(13(3,4)14(12)15)7-10-5-6-16-9-10/h5-6,9,11,15H,7-8H2,1-4H3. The maximum Gasteiger partial charge on any atom is 0.0934 e. The molecule has 2 rings (SSSR count). The normalized spacial score (nSPS) is 28.4. The third-order valence-corrected chi connectivity index (χ3v) is 3.93. The number of nitrogens with zero attached hydrogens (tertiary/aromatic N) is 1. The van der Waals surface area contributed by atoms with Gasteiger partial charge in [-0.1, -0.05) is 0 Å². The molecule has 0 bridgehead atoms. The van der Waals surface area contributed by atoms with Crippen LogP contribution in [0.4, 0.5) is 0 Å². The summed E-state index contributed by atoms with van der Waals surface area (Å²) in [6.45, 7) is 8.38. The molecule has 1 fully saturated rings. The van der Waals surface area contributed by atoms with E-state index in [0.29, 0.717) is 5.92 Å². The fourth-order valence-electron chi connectivity index (χ4n) is 2.91. The van der Waals surface area contributed by atoms with E-state index in [9.17, 15) is 5.21 Å². The van der Waals surface area contributed by atoms with E-state index in [1.165, 1.54) is 10.6 Å². The predicted octanol–water partition coefficient (Wildman–Crippen LogP) is 3.09. The van der Waals surface area contributed by atoms with Crippen LogP contribution in [0.5, 0.6) is 0 Å². The lowest BCUT2D eigenvalue weighted by molar-refractivity contribution is -0.196. The summed E-state index contributed by atoms with van der Waals surface area (Å²) >= 11 is 0. The molecule has 1 atom stereocenters. The third kappa shape index (κ3) is 1.78. The van der Waals surface area contributed by atoms with Crippen LogP contribution in [0, 0.1) is 5.92 Å². The lowest BCUT2D eigenvalue weighted by atomic mass is 9.83. The van der Waals surface area contributed by atoms with E-state index >= 15 is 0 Å². The van der Waals surface area contributed by atoms with Crippen LogP contribution in [-0.2, 0) is 6.42 Å². The number of hydroxylamine groups is 2. The van der Waals surface area contributed by atoms with Gasteiger partial charge in [-0.3, -0.25) is 0 Å². The summed E-state index contributed by atoms with van der Waals surface area (Å²) in [5.74, 6) is 0.449. The fourth-order valence-corrected chi connectivity index (χ4v) is 2.91. The number of hydrogen-bond donors (Lipinski definition) is 1. The summed E-state index contributed by atoms with van der Waals surface area (Å²) in [6, 6.07) is 2.00. The quantitative estimate of drug-likeness (QED) is 0.837. The molecule has 3 heteroatoms. The molecule has 3 nitrogen and oxygen atoms in total. The summed E-state index contributed by atoms with van der Waals surface area (Å²) in [6.07, 6.45) is 5.47. The van der Waals surface area contributed by atoms with Gasteiger partial charge >= 0.3 is 0 Å². The van der Waals surface area contributed by atoms with E-state index in [1.54, 1.807) is 12.5 Å². The first-order valence-corrected chi connectivity index (χ1v) is 5.84. The van der Waals surface area contributed by atoms with Gasteiger partial charge in [0.1, 0.15) is 0 Å². The maximum atomic E-state index is 10.2. The third-order valence-electron chi connectivity index (χ3n) is 3.93. The van der Waals surface area contributed by atoms with Crippen LogP contribution < -0.4 is 0 Å². The zero-order chi connectivity index (χ0) is 12.0. The first-order valence-electron chi connectivity index (χ1n) is 5.84. The highest BCUT2D eigenvalue weighted by Gasteiger charge is 2.50. The molecule has 0 saturated carbocycles. The molecule has 1 aromatic heterocycles. The zero-order valence-electron chi connectivity index (χ0n) is 10.5. The zero-order valence-corrected chi connectivity index (χ0v) is 10.5. The summed E-state index contributed by atoms with van der Waals surface area (Å²) < 4.78 is 5.10. The largest absolute Gasteiger partial charge is 0.472 e. The van der Waals surface area contributed by atoms with Gasteiger partial charge in [-0.05, 0) is 58.1 Å². The second kappa shape index (κ2) is 3.60. The van der Waals surface area contributed by atoms with Gasteiger partial charge in [-0.15, -0.1) is 0 Å². The van der Waals surface area contributed by atoms with E-state index in [4.69, 9.17) is 4.42 Å². The van der Waals surface area contributed by atoms with Crippen LogP contribution >= 0.6 is 0 Å². The molecule has 0 aliphatic carbocycles. The lowest BCUT2D eigenvalue weighted by Gasteiger charge is -2.36. The highest BCUT2D eigenvalue weighted by molar-refractivity contribution is 5.12. The minimum Gasteiger partial charge on any atom is -0.472 e. The molecule has 0 aromatic carbocycles. The van der Waals surface area contributed by atoms with Gasteiger partial charge in [0.2, 0.25) is 0 Å². The summed E-state index contributed by atoms with van der Waals surface area (Å²) in [5, 5.41) is 11.7. The number of hydrogen-bond acceptors (Lipinski definition) is 3. The van der Waals surface area contributed by atoms with E-state index in [1.807, 2.05) is 6.07 Å². The first-order chi connectivity index (χ1) is 7.34. The smallest absolute Gasteiger partial charge is 0.0934 e. The number of rotatable bonds is 2. The van der Waals surface area contributed by atoms with Gasteiger partial charge < -0.3 is 9.62 Å². The van der Waals surface area contributed by atoms with Gasteiger partial charge in [0, 0.05) is 11.1 Å². The van der Waals surface area contributed by atoms with Gasteiger partial charge in [-0.2, -0.15) is 5.06 Å². The van der Waals surface area contributed by atoms with Gasteiger partial charge in [-0.25, -0.2) is 0 Å². The summed E-state index contributed by atoms with van der Waals surface area (Å²) in [4.78, 5) is 0. The van der Waals surface area contributed by atoms with E-state index in [0.717, 1.165) is 12.8 Å². The molecule has 2 heterocycles. The molecule has 1 aliphatic rings. The molecule has 1 aliphatic heterocycles. The molecule has 1 N–H and O–H groups in total. The van der Waals surface area contributed by atoms with Crippen molar-refractivity contribution in [3.05, 3.63) is 24.2 Å². The maximum absolute atomic E-state index is 10.2. The van der Waals surface area contributed by atoms with E-state index in [2.05, 4.69) is 27.7 Å². The van der Waals surface area contributed by atoms with Crippen molar-refractivity contribution >= 4 is 0 Å². The van der Waals surface area contributed by atoms with Crippen LogP contribution in [-0.4, -0.2) is 21.3 Å². The van der Waals surface area contributed by atoms with Crippen LogP contribution in [0.1, 0.15) is 39.7 Å². The topological polar surface area (TPSA) is 36.6 Å². The molecule has 16 heavy (non-hydrogen) atoms. The molecule has 1 unspecified atom stereocenters. The van der Waals surface area contributed by atoms with E-state index < -0.39 is 0 Å². The Labute approximate surface area is 97.0 Å². The molecule has 1 aromatic rings. The highest BCUT2D eigenvalue weighted by Crippen LogP contribution is 2.44. The second-order valence-electron chi connectivity index (χ2n) is 6.01. The van der Waals surface area contributed by atoms with Gasteiger partial charge in [0.25, 0.3) is 0 Å². The summed E-state index contributed by atoms with van der Waals surface area (Å²) in [7, 11) is 0. The minimum absolute atomic E-state index is 0.141. The monoisotopic (exact) mass is 223 g/mol. The predicted molar refractivity (Wildman–Crippen MR) is 62.3 cm³/mol. The van der Waals surface area contributed by atoms with Gasteiger partial charge in [0.05, 0.1) is 12.5 Å². The van der Waals surface area contributed by atoms with Gasteiger partial charge in [0.15, 0.2) is 0 Å². The summed E-state index contributed by atoms with van der Waals surface area (Å²) in [5.41, 5.74) is 0.891. The van der Waals surface area contributed by atoms with Crippen LogP contribution in [0.25, 0.3) is 0 Å². The molecular formula is C13H21NO2. The van der Waals surface area contributed by atoms with Crippen molar-refractivity contribution in [1.29, 1.82) is 0 Å². The van der Waals surface area contributed by atoms with Crippen molar-refractivity contribution in [2.45, 2.75) is 51.6 Å². The molecule has 1 saturated heterocycles. The molecule has 0 amide bonds. The SMILES string of the molecule is CC1(C)CC(Cc2ccoc2)C(C)(C)N1O. The molecule has 90 valence electrons. The van der Waals surface area contributed by atoms with Crippen molar-refractivity contribution in [3.63, 3.8) is 0 Å². The van der Waals surface area contributed by atoms with Crippen molar-refractivity contribution in [1.82, 2.24) is 5.06 Å². The minimum atomic E-state index is -0.180. The first kappa shape index (κ1) is 11.7. The lowest BCUT2D eigenvalue weighted by Crippen LogP contribution is -2.47. The Kier molecular flexibility index (Phi) is 2.63. The Balaban J connectivity index is 2.17. The second-order valence-corrected chi connectivity index (χ2v) is 6.01. The molecule has 0 spiro atoms. The van der Waals surface area contributed by atoms with Crippen molar-refractivity contribution in [2.24, 2.45) is 5.92 Å². The Hall–Kier alpha value is -0.800. The van der Waals surface area contributed by atoms with Crippen LogP contribution in [0.2, 0.25) is 0 Å². The molecular weight excluding hydrogens is 202 g/mol. The Morgan fingerprint density at radius 3 is 2.56 bits per heavy atom. The van der Waals surface area contributed by atoms with Crippen molar-refractivity contribution in [3.8, 4) is 0 Å². The number of furan rings is 1. The Morgan fingerprint density at radius 1 is 1.44 bits per heavy atom.